The first-order valence-corrected chi connectivity index (χ1v) is 6.86. The van der Waals surface area contributed by atoms with Gasteiger partial charge in [0.25, 0.3) is 0 Å². The van der Waals surface area contributed by atoms with Crippen molar-refractivity contribution in [3.63, 3.8) is 0 Å². The van der Waals surface area contributed by atoms with Gasteiger partial charge in [-0.15, -0.1) is 0 Å². The molecule has 3 nitrogen and oxygen atoms in total. The summed E-state index contributed by atoms with van der Waals surface area (Å²) in [5, 5.41) is 3.19. The first-order chi connectivity index (χ1) is 8.97. The van der Waals surface area contributed by atoms with Crippen LogP contribution in [0, 0.1) is 0 Å². The Morgan fingerprint density at radius 1 is 1.32 bits per heavy atom. The summed E-state index contributed by atoms with van der Waals surface area (Å²) >= 11 is 3.00. The maximum Gasteiger partial charge on any atom is 0.421 e. The SMILES string of the molecule is FC(F)(F)c1cc(Br)cnc1OC1CCCNCC1. The minimum absolute atomic E-state index is 0.218. The molecule has 0 bridgehead atoms. The van der Waals surface area contributed by atoms with Gasteiger partial charge in [0, 0.05) is 10.7 Å². The zero-order valence-corrected chi connectivity index (χ0v) is 11.7. The molecule has 1 unspecified atom stereocenters. The van der Waals surface area contributed by atoms with Gasteiger partial charge in [0.2, 0.25) is 5.88 Å². The third kappa shape index (κ3) is 4.07. The average Bonchev–Trinajstić information content (AvgIpc) is 2.59. The van der Waals surface area contributed by atoms with Gasteiger partial charge in [0.1, 0.15) is 11.7 Å². The fourth-order valence-corrected chi connectivity index (χ4v) is 2.32. The quantitative estimate of drug-likeness (QED) is 0.897. The maximum atomic E-state index is 12.9. The smallest absolute Gasteiger partial charge is 0.421 e. The van der Waals surface area contributed by atoms with Gasteiger partial charge in [-0.3, -0.25) is 0 Å². The summed E-state index contributed by atoms with van der Waals surface area (Å²) in [6.45, 7) is 1.63. The summed E-state index contributed by atoms with van der Waals surface area (Å²) in [7, 11) is 0. The molecule has 2 heterocycles. The highest BCUT2D eigenvalue weighted by Crippen LogP contribution is 2.37. The summed E-state index contributed by atoms with van der Waals surface area (Å²) in [6, 6.07) is 0.997. The van der Waals surface area contributed by atoms with Gasteiger partial charge in [0.05, 0.1) is 0 Å². The first-order valence-electron chi connectivity index (χ1n) is 6.07. The molecule has 1 aromatic rings. The van der Waals surface area contributed by atoms with E-state index in [-0.39, 0.29) is 16.5 Å². The Hall–Kier alpha value is -0.820. The monoisotopic (exact) mass is 338 g/mol. The molecular weight excluding hydrogens is 325 g/mol. The van der Waals surface area contributed by atoms with Crippen LogP contribution in [0.15, 0.2) is 16.7 Å². The lowest BCUT2D eigenvalue weighted by atomic mass is 10.1. The molecule has 0 saturated carbocycles. The number of nitrogens with zero attached hydrogens (tertiary/aromatic N) is 1. The van der Waals surface area contributed by atoms with Gasteiger partial charge >= 0.3 is 6.18 Å². The van der Waals surface area contributed by atoms with Crippen molar-refractivity contribution in [2.75, 3.05) is 13.1 Å². The molecule has 106 valence electrons. The molecule has 0 aromatic carbocycles. The number of alkyl halides is 3. The van der Waals surface area contributed by atoms with Crippen LogP contribution in [0.3, 0.4) is 0 Å². The van der Waals surface area contributed by atoms with Crippen LogP contribution < -0.4 is 10.1 Å². The number of hydrogen-bond donors (Lipinski definition) is 1. The van der Waals surface area contributed by atoms with Crippen molar-refractivity contribution in [1.29, 1.82) is 0 Å². The minimum atomic E-state index is -4.46. The first kappa shape index (κ1) is 14.6. The highest BCUT2D eigenvalue weighted by molar-refractivity contribution is 9.10. The molecule has 0 radical (unpaired) electrons. The van der Waals surface area contributed by atoms with Gasteiger partial charge < -0.3 is 10.1 Å². The standard InChI is InChI=1S/C12H14BrF3N2O/c13-8-6-10(12(14,15)16)11(18-7-8)19-9-2-1-4-17-5-3-9/h6-7,9,17H,1-5H2. The Kier molecular flexibility index (Phi) is 4.67. The van der Waals surface area contributed by atoms with Crippen molar-refractivity contribution in [1.82, 2.24) is 10.3 Å². The summed E-state index contributed by atoms with van der Waals surface area (Å²) in [4.78, 5) is 3.76. The zero-order valence-electron chi connectivity index (χ0n) is 10.1. The van der Waals surface area contributed by atoms with E-state index in [1.807, 2.05) is 0 Å². The number of nitrogens with one attached hydrogen (secondary N) is 1. The molecule has 1 N–H and O–H groups in total. The van der Waals surface area contributed by atoms with E-state index in [1.165, 1.54) is 6.20 Å². The number of hydrogen-bond acceptors (Lipinski definition) is 3. The topological polar surface area (TPSA) is 34.1 Å². The molecule has 1 aliphatic rings. The molecule has 0 spiro atoms. The fourth-order valence-electron chi connectivity index (χ4n) is 1.99. The molecule has 1 aromatic heterocycles. The van der Waals surface area contributed by atoms with Crippen molar-refractivity contribution >= 4 is 15.9 Å². The van der Waals surface area contributed by atoms with Gasteiger partial charge in [-0.25, -0.2) is 4.98 Å². The van der Waals surface area contributed by atoms with Crippen LogP contribution >= 0.6 is 15.9 Å². The molecular formula is C12H14BrF3N2O. The third-order valence-corrected chi connectivity index (χ3v) is 3.36. The molecule has 1 saturated heterocycles. The number of rotatable bonds is 2. The van der Waals surface area contributed by atoms with Crippen molar-refractivity contribution < 1.29 is 17.9 Å². The summed E-state index contributed by atoms with van der Waals surface area (Å²) in [6.07, 6.45) is -1.04. The van der Waals surface area contributed by atoms with E-state index in [0.29, 0.717) is 6.42 Å². The Bertz CT molecular complexity index is 431. The summed E-state index contributed by atoms with van der Waals surface area (Å²) < 4.78 is 44.5. The normalized spacial score (nSPS) is 20.9. The van der Waals surface area contributed by atoms with Crippen molar-refractivity contribution in [3.8, 4) is 5.88 Å². The fraction of sp³-hybridized carbons (Fsp3) is 0.583. The van der Waals surface area contributed by atoms with Gasteiger partial charge in [0.15, 0.2) is 0 Å². The van der Waals surface area contributed by atoms with Crippen LogP contribution in [0.4, 0.5) is 13.2 Å². The van der Waals surface area contributed by atoms with Crippen LogP contribution in [0.25, 0.3) is 0 Å². The van der Waals surface area contributed by atoms with Crippen molar-refractivity contribution in [3.05, 3.63) is 22.3 Å². The lowest BCUT2D eigenvalue weighted by Crippen LogP contribution is -2.21. The molecule has 1 atom stereocenters. The lowest BCUT2D eigenvalue weighted by molar-refractivity contribution is -0.139. The van der Waals surface area contributed by atoms with E-state index >= 15 is 0 Å². The second kappa shape index (κ2) is 6.09. The molecule has 2 rings (SSSR count). The molecule has 7 heteroatoms. The van der Waals surface area contributed by atoms with Crippen LogP contribution in [-0.2, 0) is 6.18 Å². The highest BCUT2D eigenvalue weighted by atomic mass is 79.9. The number of ether oxygens (including phenoxy) is 1. The zero-order chi connectivity index (χ0) is 13.9. The van der Waals surface area contributed by atoms with E-state index in [1.54, 1.807) is 0 Å². The van der Waals surface area contributed by atoms with Gasteiger partial charge in [-0.05, 0) is 54.3 Å². The van der Waals surface area contributed by atoms with E-state index in [4.69, 9.17) is 4.74 Å². The van der Waals surface area contributed by atoms with E-state index in [2.05, 4.69) is 26.2 Å². The van der Waals surface area contributed by atoms with Gasteiger partial charge in [-0.1, -0.05) is 0 Å². The molecule has 1 fully saturated rings. The number of halogens is 4. The predicted octanol–water partition coefficient (Wildman–Crippen LogP) is 3.38. The minimum Gasteiger partial charge on any atom is -0.474 e. The molecule has 19 heavy (non-hydrogen) atoms. The molecule has 1 aliphatic heterocycles. The predicted molar refractivity (Wildman–Crippen MR) is 68.1 cm³/mol. The van der Waals surface area contributed by atoms with E-state index in [0.717, 1.165) is 32.0 Å². The number of aromatic nitrogens is 1. The second-order valence-corrected chi connectivity index (χ2v) is 5.34. The molecule has 0 aliphatic carbocycles. The summed E-state index contributed by atoms with van der Waals surface area (Å²) in [5.41, 5.74) is -0.834. The Morgan fingerprint density at radius 2 is 2.11 bits per heavy atom. The Balaban J connectivity index is 2.19. The van der Waals surface area contributed by atoms with Crippen LogP contribution in [-0.4, -0.2) is 24.2 Å². The van der Waals surface area contributed by atoms with Crippen LogP contribution in [0.2, 0.25) is 0 Å². The van der Waals surface area contributed by atoms with Crippen LogP contribution in [0.5, 0.6) is 5.88 Å². The van der Waals surface area contributed by atoms with Crippen molar-refractivity contribution in [2.24, 2.45) is 0 Å². The lowest BCUT2D eigenvalue weighted by Gasteiger charge is -2.19. The Morgan fingerprint density at radius 3 is 2.84 bits per heavy atom. The third-order valence-electron chi connectivity index (χ3n) is 2.92. The largest absolute Gasteiger partial charge is 0.474 e. The molecule has 0 amide bonds. The van der Waals surface area contributed by atoms with Crippen molar-refractivity contribution in [2.45, 2.75) is 31.5 Å². The van der Waals surface area contributed by atoms with E-state index in [9.17, 15) is 13.2 Å². The second-order valence-electron chi connectivity index (χ2n) is 4.42. The van der Waals surface area contributed by atoms with E-state index < -0.39 is 11.7 Å². The van der Waals surface area contributed by atoms with Gasteiger partial charge in [-0.2, -0.15) is 13.2 Å². The maximum absolute atomic E-state index is 12.9. The summed E-state index contributed by atoms with van der Waals surface area (Å²) in [5.74, 6) is -0.331. The van der Waals surface area contributed by atoms with Crippen LogP contribution in [0.1, 0.15) is 24.8 Å². The highest BCUT2D eigenvalue weighted by Gasteiger charge is 2.36. The Labute approximate surface area is 117 Å². The number of pyridine rings is 1. The average molecular weight is 339 g/mol.